The number of amides is 1. The van der Waals surface area contributed by atoms with Crippen molar-refractivity contribution in [2.24, 2.45) is 0 Å². The van der Waals surface area contributed by atoms with Gasteiger partial charge in [-0.15, -0.1) is 0 Å². The molecule has 3 rings (SSSR count). The fourth-order valence-corrected chi connectivity index (χ4v) is 2.66. The molecule has 1 amide bonds. The molecular formula is C16H17ClN2O2. The van der Waals surface area contributed by atoms with Crippen LogP contribution in [0.5, 0.6) is 0 Å². The molecule has 4 nitrogen and oxygen atoms in total. The lowest BCUT2D eigenvalue weighted by molar-refractivity contribution is -0.0300. The molecule has 0 radical (unpaired) electrons. The summed E-state index contributed by atoms with van der Waals surface area (Å²) < 4.78 is 1.91. The van der Waals surface area contributed by atoms with Gasteiger partial charge in [-0.3, -0.25) is 4.79 Å². The number of carbonyl (C=O) groups excluding carboxylic acids is 1. The van der Waals surface area contributed by atoms with Gasteiger partial charge in [-0.2, -0.15) is 0 Å². The third-order valence-corrected chi connectivity index (χ3v) is 4.29. The van der Waals surface area contributed by atoms with Crippen molar-refractivity contribution in [3.63, 3.8) is 0 Å². The fourth-order valence-electron chi connectivity index (χ4n) is 2.46. The molecule has 1 aromatic heterocycles. The van der Waals surface area contributed by atoms with Gasteiger partial charge in [-0.1, -0.05) is 11.6 Å². The monoisotopic (exact) mass is 304 g/mol. The lowest BCUT2D eigenvalue weighted by Crippen LogP contribution is -2.47. The van der Waals surface area contributed by atoms with E-state index < -0.39 is 5.60 Å². The number of aromatic nitrogens is 1. The maximum atomic E-state index is 12.3. The first-order valence-electron chi connectivity index (χ1n) is 7.01. The molecule has 0 unspecified atom stereocenters. The van der Waals surface area contributed by atoms with Crippen molar-refractivity contribution in [2.45, 2.75) is 24.9 Å². The average molecular weight is 305 g/mol. The largest absolute Gasteiger partial charge is 0.388 e. The highest BCUT2D eigenvalue weighted by Gasteiger charge is 2.34. The van der Waals surface area contributed by atoms with Crippen molar-refractivity contribution >= 4 is 17.5 Å². The van der Waals surface area contributed by atoms with Crippen LogP contribution in [0.2, 0.25) is 5.02 Å². The number of hydrogen-bond donors (Lipinski definition) is 2. The van der Waals surface area contributed by atoms with E-state index in [1.165, 1.54) is 0 Å². The molecule has 1 aromatic carbocycles. The van der Waals surface area contributed by atoms with E-state index in [1.807, 2.05) is 35.2 Å². The van der Waals surface area contributed by atoms with E-state index in [0.29, 0.717) is 10.6 Å². The van der Waals surface area contributed by atoms with Crippen molar-refractivity contribution in [1.82, 2.24) is 9.88 Å². The Labute approximate surface area is 128 Å². The van der Waals surface area contributed by atoms with Crippen molar-refractivity contribution in [2.75, 3.05) is 6.54 Å². The first-order valence-corrected chi connectivity index (χ1v) is 7.39. The molecule has 2 aromatic rings. The molecule has 0 spiro atoms. The predicted molar refractivity (Wildman–Crippen MR) is 81.9 cm³/mol. The number of carbonyl (C=O) groups is 1. The molecule has 110 valence electrons. The van der Waals surface area contributed by atoms with E-state index in [4.69, 9.17) is 11.6 Å². The number of nitrogens with zero attached hydrogens (tertiary/aromatic N) is 1. The average Bonchev–Trinajstić information content (AvgIpc) is 2.97. The highest BCUT2D eigenvalue weighted by molar-refractivity contribution is 6.33. The topological polar surface area (TPSA) is 54.3 Å². The van der Waals surface area contributed by atoms with Crippen LogP contribution in [0.25, 0.3) is 5.69 Å². The van der Waals surface area contributed by atoms with Crippen LogP contribution in [0.4, 0.5) is 0 Å². The number of halogens is 1. The number of rotatable bonds is 4. The molecule has 2 N–H and O–H groups in total. The Morgan fingerprint density at radius 1 is 1.33 bits per heavy atom. The van der Waals surface area contributed by atoms with Crippen LogP contribution in [0, 0.1) is 0 Å². The van der Waals surface area contributed by atoms with Crippen molar-refractivity contribution in [3.05, 3.63) is 53.3 Å². The van der Waals surface area contributed by atoms with E-state index in [9.17, 15) is 9.90 Å². The second-order valence-corrected chi connectivity index (χ2v) is 5.92. The lowest BCUT2D eigenvalue weighted by Gasteiger charge is -2.36. The van der Waals surface area contributed by atoms with Gasteiger partial charge in [0.05, 0.1) is 16.2 Å². The van der Waals surface area contributed by atoms with Gasteiger partial charge in [0, 0.05) is 24.6 Å². The van der Waals surface area contributed by atoms with Crippen LogP contribution in [0.1, 0.15) is 29.6 Å². The summed E-state index contributed by atoms with van der Waals surface area (Å²) in [5.41, 5.74) is 0.558. The zero-order chi connectivity index (χ0) is 14.9. The molecule has 1 saturated carbocycles. The van der Waals surface area contributed by atoms with Crippen molar-refractivity contribution < 1.29 is 9.90 Å². The van der Waals surface area contributed by atoms with Gasteiger partial charge in [0.1, 0.15) is 0 Å². The highest BCUT2D eigenvalue weighted by atomic mass is 35.5. The molecule has 5 heteroatoms. The first kappa shape index (κ1) is 14.2. The molecule has 1 aliphatic carbocycles. The molecule has 0 bridgehead atoms. The van der Waals surface area contributed by atoms with E-state index in [-0.39, 0.29) is 12.5 Å². The normalized spacial score (nSPS) is 16.3. The summed E-state index contributed by atoms with van der Waals surface area (Å²) in [6.45, 7) is 0.274. The second kappa shape index (κ2) is 5.54. The van der Waals surface area contributed by atoms with Gasteiger partial charge in [0.25, 0.3) is 5.91 Å². The summed E-state index contributed by atoms with van der Waals surface area (Å²) in [5, 5.41) is 13.2. The minimum Gasteiger partial charge on any atom is -0.388 e. The summed E-state index contributed by atoms with van der Waals surface area (Å²) in [5.74, 6) is -0.255. The smallest absolute Gasteiger partial charge is 0.252 e. The SMILES string of the molecule is O=C(NCC1(O)CCC1)c1cc(-n2cccc2)ccc1Cl. The quantitative estimate of drug-likeness (QED) is 0.912. The minimum atomic E-state index is -0.736. The summed E-state index contributed by atoms with van der Waals surface area (Å²) in [7, 11) is 0. The maximum absolute atomic E-state index is 12.3. The summed E-state index contributed by atoms with van der Waals surface area (Å²) in [6.07, 6.45) is 6.30. The van der Waals surface area contributed by atoms with E-state index in [2.05, 4.69) is 5.32 Å². The van der Waals surface area contributed by atoms with Crippen LogP contribution in [-0.2, 0) is 0 Å². The summed E-state index contributed by atoms with van der Waals surface area (Å²) in [4.78, 5) is 12.3. The number of aliphatic hydroxyl groups is 1. The summed E-state index contributed by atoms with van der Waals surface area (Å²) >= 11 is 6.12. The Bertz CT molecular complexity index is 648. The molecule has 21 heavy (non-hydrogen) atoms. The Morgan fingerprint density at radius 3 is 2.67 bits per heavy atom. The predicted octanol–water partition coefficient (Wildman–Crippen LogP) is 2.78. The van der Waals surface area contributed by atoms with E-state index >= 15 is 0 Å². The zero-order valence-corrected chi connectivity index (χ0v) is 12.3. The number of benzene rings is 1. The van der Waals surface area contributed by atoms with Gasteiger partial charge in [0.15, 0.2) is 0 Å². The molecular weight excluding hydrogens is 288 g/mol. The third kappa shape index (κ3) is 2.96. The number of hydrogen-bond acceptors (Lipinski definition) is 2. The standard InChI is InChI=1S/C16H17ClN2O2/c17-14-5-4-12(19-8-1-2-9-19)10-13(14)15(20)18-11-16(21)6-3-7-16/h1-2,4-5,8-10,21H,3,6-7,11H2,(H,18,20). The minimum absolute atomic E-state index is 0.255. The first-order chi connectivity index (χ1) is 10.1. The summed E-state index contributed by atoms with van der Waals surface area (Å²) in [6, 6.07) is 9.16. The molecule has 1 heterocycles. The zero-order valence-electron chi connectivity index (χ0n) is 11.6. The van der Waals surface area contributed by atoms with Crippen LogP contribution in [-0.4, -0.2) is 27.7 Å². The molecule has 0 saturated heterocycles. The van der Waals surface area contributed by atoms with E-state index in [0.717, 1.165) is 24.9 Å². The van der Waals surface area contributed by atoms with Gasteiger partial charge in [-0.05, 0) is 49.6 Å². The van der Waals surface area contributed by atoms with Crippen LogP contribution in [0.15, 0.2) is 42.7 Å². The van der Waals surface area contributed by atoms with Crippen molar-refractivity contribution in [3.8, 4) is 5.69 Å². The van der Waals surface area contributed by atoms with Gasteiger partial charge >= 0.3 is 0 Å². The Morgan fingerprint density at radius 2 is 2.05 bits per heavy atom. The third-order valence-electron chi connectivity index (χ3n) is 3.96. The lowest BCUT2D eigenvalue weighted by atomic mass is 9.80. The number of nitrogens with one attached hydrogen (secondary N) is 1. The van der Waals surface area contributed by atoms with Crippen LogP contribution in [0.3, 0.4) is 0 Å². The molecule has 1 aliphatic rings. The second-order valence-electron chi connectivity index (χ2n) is 5.52. The Hall–Kier alpha value is -1.78. The van der Waals surface area contributed by atoms with Gasteiger partial charge in [0.2, 0.25) is 0 Å². The molecule has 0 atom stereocenters. The highest BCUT2D eigenvalue weighted by Crippen LogP contribution is 2.30. The fraction of sp³-hybridized carbons (Fsp3) is 0.312. The van der Waals surface area contributed by atoms with E-state index in [1.54, 1.807) is 12.1 Å². The van der Waals surface area contributed by atoms with Crippen molar-refractivity contribution in [1.29, 1.82) is 0 Å². The maximum Gasteiger partial charge on any atom is 0.252 e. The Kier molecular flexibility index (Phi) is 3.74. The molecule has 1 fully saturated rings. The van der Waals surface area contributed by atoms with Gasteiger partial charge in [-0.25, -0.2) is 0 Å². The Balaban J connectivity index is 1.77. The van der Waals surface area contributed by atoms with Crippen LogP contribution < -0.4 is 5.32 Å². The van der Waals surface area contributed by atoms with Crippen LogP contribution >= 0.6 is 11.6 Å². The van der Waals surface area contributed by atoms with Gasteiger partial charge < -0.3 is 15.0 Å². The molecule has 0 aliphatic heterocycles.